The first-order valence-corrected chi connectivity index (χ1v) is 5.28. The molecule has 0 radical (unpaired) electrons. The molecule has 0 aliphatic carbocycles. The number of halogens is 2. The third-order valence-electron chi connectivity index (χ3n) is 2.12. The van der Waals surface area contributed by atoms with Gasteiger partial charge in [0.15, 0.2) is 11.6 Å². The monoisotopic (exact) mass is 259 g/mol. The summed E-state index contributed by atoms with van der Waals surface area (Å²) >= 11 is 0. The summed E-state index contributed by atoms with van der Waals surface area (Å²) < 4.78 is 31.4. The van der Waals surface area contributed by atoms with E-state index in [-0.39, 0.29) is 23.8 Å². The van der Waals surface area contributed by atoms with Crippen LogP contribution in [0.5, 0.6) is 0 Å². The molecule has 0 fully saturated rings. The average molecular weight is 259 g/mol. The molecule has 1 rings (SSSR count). The Hall–Kier alpha value is -1.89. The highest BCUT2D eigenvalue weighted by molar-refractivity contribution is 5.80. The summed E-state index contributed by atoms with van der Waals surface area (Å²) in [7, 11) is 1.50. The summed E-state index contributed by atoms with van der Waals surface area (Å²) in [6, 6.07) is 1.96. The van der Waals surface area contributed by atoms with Crippen LogP contribution in [-0.4, -0.2) is 32.7 Å². The van der Waals surface area contributed by atoms with Gasteiger partial charge >= 0.3 is 0 Å². The number of nitrogen functional groups attached to an aromatic ring is 1. The molecular weight excluding hydrogens is 244 g/mol. The van der Waals surface area contributed by atoms with Crippen molar-refractivity contribution >= 4 is 17.3 Å². The van der Waals surface area contributed by atoms with E-state index >= 15 is 0 Å². The lowest BCUT2D eigenvalue weighted by Gasteiger charge is -2.09. The number of benzene rings is 1. The first kappa shape index (κ1) is 14.2. The Balaban J connectivity index is 2.51. The van der Waals surface area contributed by atoms with Crippen LogP contribution >= 0.6 is 0 Å². The summed E-state index contributed by atoms with van der Waals surface area (Å²) in [5, 5.41) is 4.88. The van der Waals surface area contributed by atoms with E-state index in [1.807, 2.05) is 0 Å². The fraction of sp³-hybridized carbons (Fsp3) is 0.364. The van der Waals surface area contributed by atoms with E-state index in [1.165, 1.54) is 7.11 Å². The van der Waals surface area contributed by atoms with E-state index in [9.17, 15) is 13.6 Å². The van der Waals surface area contributed by atoms with Crippen molar-refractivity contribution in [1.82, 2.24) is 5.32 Å². The maximum Gasteiger partial charge on any atom is 0.239 e. The van der Waals surface area contributed by atoms with Crippen molar-refractivity contribution in [3.05, 3.63) is 23.8 Å². The molecule has 0 saturated carbocycles. The second kappa shape index (κ2) is 6.75. The van der Waals surface area contributed by atoms with Crippen LogP contribution < -0.4 is 16.4 Å². The number of anilines is 2. The van der Waals surface area contributed by atoms with Gasteiger partial charge in [0.05, 0.1) is 13.2 Å². The number of rotatable bonds is 6. The average Bonchev–Trinajstić information content (AvgIpc) is 2.27. The van der Waals surface area contributed by atoms with E-state index in [4.69, 9.17) is 10.5 Å². The zero-order valence-corrected chi connectivity index (χ0v) is 9.93. The Morgan fingerprint density at radius 1 is 1.39 bits per heavy atom. The predicted molar refractivity (Wildman–Crippen MR) is 64.1 cm³/mol. The van der Waals surface area contributed by atoms with Crippen molar-refractivity contribution in [2.75, 3.05) is 37.9 Å². The van der Waals surface area contributed by atoms with Gasteiger partial charge in [-0.25, -0.2) is 8.78 Å². The van der Waals surface area contributed by atoms with Crippen molar-refractivity contribution in [3.8, 4) is 0 Å². The number of hydrogen-bond acceptors (Lipinski definition) is 4. The third kappa shape index (κ3) is 4.17. The molecule has 5 nitrogen and oxygen atoms in total. The van der Waals surface area contributed by atoms with Gasteiger partial charge in [-0.2, -0.15) is 0 Å². The largest absolute Gasteiger partial charge is 0.399 e. The van der Waals surface area contributed by atoms with Gasteiger partial charge in [0.25, 0.3) is 0 Å². The topological polar surface area (TPSA) is 76.4 Å². The first-order valence-electron chi connectivity index (χ1n) is 5.28. The van der Waals surface area contributed by atoms with Gasteiger partial charge in [0, 0.05) is 19.3 Å². The maximum atomic E-state index is 13.3. The summed E-state index contributed by atoms with van der Waals surface area (Å²) in [4.78, 5) is 11.3. The van der Waals surface area contributed by atoms with Gasteiger partial charge in [-0.15, -0.1) is 0 Å². The highest BCUT2D eigenvalue weighted by atomic mass is 19.1. The van der Waals surface area contributed by atoms with E-state index in [0.717, 1.165) is 12.1 Å². The van der Waals surface area contributed by atoms with Crippen LogP contribution in [0.25, 0.3) is 0 Å². The number of carbonyl (C=O) groups excluding carboxylic acids is 1. The SMILES string of the molecule is COCCNC(=O)CNc1c(F)cc(N)cc1F. The van der Waals surface area contributed by atoms with Gasteiger partial charge in [-0.1, -0.05) is 0 Å². The van der Waals surface area contributed by atoms with Gasteiger partial charge in [-0.05, 0) is 12.1 Å². The van der Waals surface area contributed by atoms with Gasteiger partial charge < -0.3 is 21.1 Å². The Morgan fingerprint density at radius 2 is 2.00 bits per heavy atom. The quantitative estimate of drug-likeness (QED) is 0.520. The lowest BCUT2D eigenvalue weighted by Crippen LogP contribution is -2.32. The molecule has 100 valence electrons. The standard InChI is InChI=1S/C11H15F2N3O2/c1-18-3-2-15-10(17)6-16-11-8(12)4-7(14)5-9(11)13/h4-5,16H,2-3,6,14H2,1H3,(H,15,17). The van der Waals surface area contributed by atoms with Crippen LogP contribution in [0.3, 0.4) is 0 Å². The van der Waals surface area contributed by atoms with E-state index in [0.29, 0.717) is 13.2 Å². The maximum absolute atomic E-state index is 13.3. The Kier molecular flexibility index (Phi) is 5.31. The van der Waals surface area contributed by atoms with Crippen molar-refractivity contribution in [3.63, 3.8) is 0 Å². The molecule has 18 heavy (non-hydrogen) atoms. The number of hydrogen-bond donors (Lipinski definition) is 3. The molecule has 1 aromatic carbocycles. The van der Waals surface area contributed by atoms with Crippen LogP contribution in [0.2, 0.25) is 0 Å². The van der Waals surface area contributed by atoms with Crippen LogP contribution in [-0.2, 0) is 9.53 Å². The lowest BCUT2D eigenvalue weighted by molar-refractivity contribution is -0.119. The van der Waals surface area contributed by atoms with E-state index in [1.54, 1.807) is 0 Å². The minimum Gasteiger partial charge on any atom is -0.399 e. The molecule has 0 aliphatic rings. The molecule has 0 spiro atoms. The Labute approximate surface area is 103 Å². The molecule has 1 aromatic rings. The minimum absolute atomic E-state index is 0.0138. The second-order valence-corrected chi connectivity index (χ2v) is 3.56. The first-order chi connectivity index (χ1) is 8.54. The molecule has 0 heterocycles. The zero-order chi connectivity index (χ0) is 13.5. The molecule has 0 bridgehead atoms. The molecular formula is C11H15F2N3O2. The summed E-state index contributed by atoms with van der Waals surface area (Å²) in [5.74, 6) is -2.06. The number of methoxy groups -OCH3 is 1. The van der Waals surface area contributed by atoms with Crippen LogP contribution in [0.1, 0.15) is 0 Å². The Bertz CT molecular complexity index is 404. The van der Waals surface area contributed by atoms with E-state index < -0.39 is 11.6 Å². The molecule has 4 N–H and O–H groups in total. The molecule has 0 aromatic heterocycles. The van der Waals surface area contributed by atoms with Crippen molar-refractivity contribution in [2.24, 2.45) is 0 Å². The number of carbonyl (C=O) groups is 1. The highest BCUT2D eigenvalue weighted by Gasteiger charge is 2.11. The number of ether oxygens (including phenoxy) is 1. The third-order valence-corrected chi connectivity index (χ3v) is 2.12. The molecule has 0 saturated heterocycles. The molecule has 0 unspecified atom stereocenters. The summed E-state index contributed by atoms with van der Waals surface area (Å²) in [5.41, 5.74) is 4.88. The number of nitrogens with two attached hydrogens (primary N) is 1. The zero-order valence-electron chi connectivity index (χ0n) is 9.93. The molecule has 7 heteroatoms. The van der Waals surface area contributed by atoms with Gasteiger partial charge in [-0.3, -0.25) is 4.79 Å². The molecule has 1 amide bonds. The van der Waals surface area contributed by atoms with Crippen molar-refractivity contribution in [1.29, 1.82) is 0 Å². The Morgan fingerprint density at radius 3 is 2.56 bits per heavy atom. The van der Waals surface area contributed by atoms with Gasteiger partial charge in [0.1, 0.15) is 5.69 Å². The predicted octanol–water partition coefficient (Wildman–Crippen LogP) is 0.721. The fourth-order valence-electron chi connectivity index (χ4n) is 1.29. The van der Waals surface area contributed by atoms with Gasteiger partial charge in [0.2, 0.25) is 5.91 Å². The smallest absolute Gasteiger partial charge is 0.239 e. The highest BCUT2D eigenvalue weighted by Crippen LogP contribution is 2.21. The van der Waals surface area contributed by atoms with Crippen LogP contribution in [0.4, 0.5) is 20.2 Å². The van der Waals surface area contributed by atoms with Crippen molar-refractivity contribution in [2.45, 2.75) is 0 Å². The fourth-order valence-corrected chi connectivity index (χ4v) is 1.29. The number of nitrogens with one attached hydrogen (secondary N) is 2. The molecule has 0 aliphatic heterocycles. The summed E-state index contributed by atoms with van der Waals surface area (Å²) in [6.07, 6.45) is 0. The van der Waals surface area contributed by atoms with Crippen LogP contribution in [0.15, 0.2) is 12.1 Å². The number of amides is 1. The lowest BCUT2D eigenvalue weighted by atomic mass is 10.2. The molecule has 0 atom stereocenters. The normalized spacial score (nSPS) is 10.2. The van der Waals surface area contributed by atoms with Crippen LogP contribution in [0, 0.1) is 11.6 Å². The minimum atomic E-state index is -0.836. The second-order valence-electron chi connectivity index (χ2n) is 3.56. The van der Waals surface area contributed by atoms with E-state index in [2.05, 4.69) is 10.6 Å². The summed E-state index contributed by atoms with van der Waals surface area (Å²) in [6.45, 7) is 0.474. The van der Waals surface area contributed by atoms with Crippen molar-refractivity contribution < 1.29 is 18.3 Å².